The molecule has 1 spiro atoms. The molecule has 0 saturated carbocycles. The third kappa shape index (κ3) is 3.65. The molecule has 1 unspecified atom stereocenters. The Morgan fingerprint density at radius 2 is 2.18 bits per heavy atom. The van der Waals surface area contributed by atoms with Gasteiger partial charge in [0, 0.05) is 31.1 Å². The predicted octanol–water partition coefficient (Wildman–Crippen LogP) is 2.64. The molecule has 1 amide bonds. The Balaban J connectivity index is 1.54. The van der Waals surface area contributed by atoms with Crippen molar-refractivity contribution in [2.24, 2.45) is 5.41 Å². The van der Waals surface area contributed by atoms with Crippen LogP contribution in [0.15, 0.2) is 27.4 Å². The van der Waals surface area contributed by atoms with Gasteiger partial charge in [0.05, 0.1) is 5.39 Å². The van der Waals surface area contributed by atoms with Crippen molar-refractivity contribution in [3.05, 3.63) is 39.7 Å². The molecule has 6 nitrogen and oxygen atoms in total. The molecule has 3 heterocycles. The summed E-state index contributed by atoms with van der Waals surface area (Å²) in [5.74, 6) is 0.634. The first kappa shape index (κ1) is 19.0. The quantitative estimate of drug-likeness (QED) is 0.821. The van der Waals surface area contributed by atoms with Crippen LogP contribution in [0.4, 0.5) is 0 Å². The third-order valence-corrected chi connectivity index (χ3v) is 6.11. The number of hydrogen-bond donors (Lipinski definition) is 1. The van der Waals surface area contributed by atoms with Crippen LogP contribution in [0.2, 0.25) is 0 Å². The molecule has 2 aliphatic heterocycles. The van der Waals surface area contributed by atoms with Crippen molar-refractivity contribution in [2.75, 3.05) is 32.8 Å². The number of carbonyl (C=O) groups excluding carboxylic acids is 1. The molecule has 1 atom stereocenters. The highest BCUT2D eigenvalue weighted by molar-refractivity contribution is 5.88. The van der Waals surface area contributed by atoms with Gasteiger partial charge in [-0.05, 0) is 62.4 Å². The van der Waals surface area contributed by atoms with E-state index in [1.54, 1.807) is 0 Å². The maximum Gasteiger partial charge on any atom is 0.336 e. The molecule has 2 fully saturated rings. The van der Waals surface area contributed by atoms with Crippen LogP contribution >= 0.6 is 0 Å². The minimum absolute atomic E-state index is 0.00431. The number of hydrogen-bond acceptors (Lipinski definition) is 5. The van der Waals surface area contributed by atoms with Crippen molar-refractivity contribution < 1.29 is 13.9 Å². The second-order valence-electron chi connectivity index (χ2n) is 8.21. The molecule has 2 aromatic rings. The van der Waals surface area contributed by atoms with E-state index in [9.17, 15) is 9.59 Å². The molecular formula is C22H28N2O4. The monoisotopic (exact) mass is 384 g/mol. The summed E-state index contributed by atoms with van der Waals surface area (Å²) in [7, 11) is 0. The van der Waals surface area contributed by atoms with Gasteiger partial charge in [-0.25, -0.2) is 4.79 Å². The molecule has 2 saturated heterocycles. The number of rotatable bonds is 4. The number of nitrogens with one attached hydrogen (secondary N) is 1. The first-order valence-electron chi connectivity index (χ1n) is 10.2. The van der Waals surface area contributed by atoms with Gasteiger partial charge in [-0.2, -0.15) is 0 Å². The zero-order chi connectivity index (χ0) is 19.7. The lowest BCUT2D eigenvalue weighted by Crippen LogP contribution is -2.48. The number of aryl methyl sites for hydroxylation is 2. The molecule has 2 aliphatic rings. The largest absolute Gasteiger partial charge is 0.483 e. The van der Waals surface area contributed by atoms with Gasteiger partial charge in [0.2, 0.25) is 0 Å². The SMILES string of the molecule is CCc1cc(=O)oc2cc(C)cc(OCC(=O)N3CCCC4(CCNC4)C3)c12. The van der Waals surface area contributed by atoms with Crippen molar-refractivity contribution in [1.82, 2.24) is 10.2 Å². The van der Waals surface area contributed by atoms with Crippen LogP contribution in [-0.4, -0.2) is 43.6 Å². The van der Waals surface area contributed by atoms with E-state index in [0.29, 0.717) is 17.8 Å². The molecule has 0 bridgehead atoms. The number of piperidine rings is 1. The molecule has 28 heavy (non-hydrogen) atoms. The van der Waals surface area contributed by atoms with E-state index in [0.717, 1.165) is 55.5 Å². The van der Waals surface area contributed by atoms with Gasteiger partial charge in [-0.15, -0.1) is 0 Å². The number of amides is 1. The van der Waals surface area contributed by atoms with Crippen molar-refractivity contribution in [1.29, 1.82) is 0 Å². The zero-order valence-corrected chi connectivity index (χ0v) is 16.7. The third-order valence-electron chi connectivity index (χ3n) is 6.11. The highest BCUT2D eigenvalue weighted by Crippen LogP contribution is 2.35. The normalized spacial score (nSPS) is 22.1. The van der Waals surface area contributed by atoms with Crippen LogP contribution in [0.3, 0.4) is 0 Å². The summed E-state index contributed by atoms with van der Waals surface area (Å²) in [5.41, 5.74) is 2.20. The van der Waals surface area contributed by atoms with E-state index in [1.165, 1.54) is 12.5 Å². The Bertz CT molecular complexity index is 943. The molecule has 1 N–H and O–H groups in total. The van der Waals surface area contributed by atoms with Crippen LogP contribution in [0.25, 0.3) is 11.0 Å². The van der Waals surface area contributed by atoms with Gasteiger partial charge in [-0.3, -0.25) is 4.79 Å². The number of ether oxygens (including phenoxy) is 1. The van der Waals surface area contributed by atoms with Crippen molar-refractivity contribution in [3.8, 4) is 5.75 Å². The Morgan fingerprint density at radius 3 is 2.93 bits per heavy atom. The van der Waals surface area contributed by atoms with Crippen LogP contribution in [0, 0.1) is 12.3 Å². The Hall–Kier alpha value is -2.34. The van der Waals surface area contributed by atoms with E-state index in [-0.39, 0.29) is 23.6 Å². The topological polar surface area (TPSA) is 71.8 Å². The molecule has 4 rings (SSSR count). The summed E-state index contributed by atoms with van der Waals surface area (Å²) in [6, 6.07) is 5.26. The average Bonchev–Trinajstić information content (AvgIpc) is 3.12. The fourth-order valence-corrected chi connectivity index (χ4v) is 4.66. The minimum atomic E-state index is -0.360. The highest BCUT2D eigenvalue weighted by atomic mass is 16.5. The summed E-state index contributed by atoms with van der Waals surface area (Å²) in [6.45, 7) is 7.57. The molecule has 150 valence electrons. The second-order valence-corrected chi connectivity index (χ2v) is 8.21. The summed E-state index contributed by atoms with van der Waals surface area (Å²) in [4.78, 5) is 26.6. The number of benzene rings is 1. The van der Waals surface area contributed by atoms with Crippen molar-refractivity contribution >= 4 is 16.9 Å². The maximum absolute atomic E-state index is 12.8. The fourth-order valence-electron chi connectivity index (χ4n) is 4.66. The molecular weight excluding hydrogens is 356 g/mol. The summed E-state index contributed by atoms with van der Waals surface area (Å²) < 4.78 is 11.4. The Kier molecular flexibility index (Phi) is 5.15. The minimum Gasteiger partial charge on any atom is -0.483 e. The standard InChI is InChI=1S/C22H28N2O4/c1-3-16-11-20(26)28-18-10-15(2)9-17(21(16)18)27-12-19(25)24-8-4-5-22(14-24)6-7-23-13-22/h9-11,23H,3-8,12-14H2,1-2H3. The summed E-state index contributed by atoms with van der Waals surface area (Å²) in [5, 5.41) is 4.23. The van der Waals surface area contributed by atoms with Gasteiger partial charge in [0.1, 0.15) is 11.3 Å². The number of nitrogens with zero attached hydrogens (tertiary/aromatic N) is 1. The maximum atomic E-state index is 12.8. The van der Waals surface area contributed by atoms with Gasteiger partial charge < -0.3 is 19.4 Å². The van der Waals surface area contributed by atoms with E-state index in [4.69, 9.17) is 9.15 Å². The van der Waals surface area contributed by atoms with Crippen molar-refractivity contribution in [2.45, 2.75) is 39.5 Å². The number of likely N-dealkylation sites (tertiary alicyclic amines) is 1. The van der Waals surface area contributed by atoms with E-state index in [2.05, 4.69) is 5.32 Å². The Labute approximate surface area is 164 Å². The van der Waals surface area contributed by atoms with Gasteiger partial charge in [0.25, 0.3) is 5.91 Å². The van der Waals surface area contributed by atoms with Gasteiger partial charge >= 0.3 is 5.63 Å². The first-order chi connectivity index (χ1) is 13.5. The smallest absolute Gasteiger partial charge is 0.336 e. The number of fused-ring (bicyclic) bond motifs is 1. The highest BCUT2D eigenvalue weighted by Gasteiger charge is 2.39. The van der Waals surface area contributed by atoms with Gasteiger partial charge in [-0.1, -0.05) is 6.92 Å². The van der Waals surface area contributed by atoms with E-state index in [1.807, 2.05) is 30.9 Å². The zero-order valence-electron chi connectivity index (χ0n) is 16.7. The van der Waals surface area contributed by atoms with Crippen molar-refractivity contribution in [3.63, 3.8) is 0 Å². The van der Waals surface area contributed by atoms with E-state index >= 15 is 0 Å². The van der Waals surface area contributed by atoms with Crippen LogP contribution < -0.4 is 15.7 Å². The molecule has 6 heteroatoms. The molecule has 0 radical (unpaired) electrons. The lowest BCUT2D eigenvalue weighted by Gasteiger charge is -2.40. The lowest BCUT2D eigenvalue weighted by atomic mass is 9.79. The van der Waals surface area contributed by atoms with Gasteiger partial charge in [0.15, 0.2) is 6.61 Å². The van der Waals surface area contributed by atoms with Crippen LogP contribution in [-0.2, 0) is 11.2 Å². The Morgan fingerprint density at radius 1 is 1.32 bits per heavy atom. The molecule has 1 aromatic heterocycles. The van der Waals surface area contributed by atoms with Crippen LogP contribution in [0.1, 0.15) is 37.3 Å². The van der Waals surface area contributed by atoms with Crippen LogP contribution in [0.5, 0.6) is 5.75 Å². The number of carbonyl (C=O) groups is 1. The average molecular weight is 384 g/mol. The predicted molar refractivity (Wildman–Crippen MR) is 108 cm³/mol. The first-order valence-corrected chi connectivity index (χ1v) is 10.2. The fraction of sp³-hybridized carbons (Fsp3) is 0.545. The summed E-state index contributed by atoms with van der Waals surface area (Å²) >= 11 is 0. The second kappa shape index (κ2) is 7.59. The van der Waals surface area contributed by atoms with E-state index < -0.39 is 0 Å². The summed E-state index contributed by atoms with van der Waals surface area (Å²) in [6.07, 6.45) is 4.06. The lowest BCUT2D eigenvalue weighted by molar-refractivity contribution is -0.136. The molecule has 0 aliphatic carbocycles. The molecule has 1 aromatic carbocycles.